The lowest BCUT2D eigenvalue weighted by Gasteiger charge is -2.42. The summed E-state index contributed by atoms with van der Waals surface area (Å²) < 4.78 is 5.43. The van der Waals surface area contributed by atoms with Crippen LogP contribution in [0.5, 0.6) is 0 Å². The van der Waals surface area contributed by atoms with Crippen LogP contribution in [0.15, 0.2) is 0 Å². The van der Waals surface area contributed by atoms with Crippen LogP contribution in [0, 0.1) is 0 Å². The average molecular weight is 256 g/mol. The van der Waals surface area contributed by atoms with E-state index in [0.717, 1.165) is 19.3 Å². The molecule has 3 N–H and O–H groups in total. The molecule has 102 valence electrons. The van der Waals surface area contributed by atoms with Crippen molar-refractivity contribution in [3.8, 4) is 0 Å². The Morgan fingerprint density at radius 3 is 2.61 bits per heavy atom. The third-order valence-corrected chi connectivity index (χ3v) is 4.13. The summed E-state index contributed by atoms with van der Waals surface area (Å²) in [6.07, 6.45) is 3.78. The van der Waals surface area contributed by atoms with Gasteiger partial charge in [-0.15, -0.1) is 0 Å². The number of aliphatic hydroxyl groups is 1. The highest BCUT2D eigenvalue weighted by molar-refractivity contribution is 5.76. The molecule has 0 bridgehead atoms. The number of primary amides is 1. The molecular weight excluding hydrogens is 236 g/mol. The molecule has 18 heavy (non-hydrogen) atoms. The van der Waals surface area contributed by atoms with Crippen molar-refractivity contribution in [1.82, 2.24) is 4.90 Å². The van der Waals surface area contributed by atoms with Gasteiger partial charge in [0.15, 0.2) is 11.3 Å². The largest absolute Gasteiger partial charge is 0.438 e. The van der Waals surface area contributed by atoms with Crippen LogP contribution >= 0.6 is 0 Å². The van der Waals surface area contributed by atoms with Gasteiger partial charge in [0, 0.05) is 13.0 Å². The minimum absolute atomic E-state index is 0.0291. The van der Waals surface area contributed by atoms with Crippen LogP contribution in [0.4, 0.5) is 4.79 Å². The zero-order valence-electron chi connectivity index (χ0n) is 10.6. The Morgan fingerprint density at radius 1 is 1.44 bits per heavy atom. The molecular formula is C12H20N2O4. The molecule has 0 aromatic heterocycles. The number of nitrogens with two attached hydrogens (primary N) is 1. The molecule has 1 saturated carbocycles. The summed E-state index contributed by atoms with van der Waals surface area (Å²) in [5, 5.41) is 10.6. The number of nitrogens with zero attached hydrogens (tertiary/aromatic N) is 1. The van der Waals surface area contributed by atoms with Crippen molar-refractivity contribution in [2.45, 2.75) is 56.8 Å². The van der Waals surface area contributed by atoms with Gasteiger partial charge < -0.3 is 15.6 Å². The fourth-order valence-corrected chi connectivity index (χ4v) is 2.97. The number of hydrogen-bond donors (Lipinski definition) is 2. The molecule has 1 saturated heterocycles. The van der Waals surface area contributed by atoms with Gasteiger partial charge in [-0.1, -0.05) is 6.42 Å². The minimum atomic E-state index is -1.36. The molecule has 1 aliphatic carbocycles. The van der Waals surface area contributed by atoms with E-state index in [2.05, 4.69) is 0 Å². The standard InChI is InChI=1S/C12H20N2O4/c1-11(17)12(6-3-2-4-7-12)18-10(16)14(11)8-5-9(13)15/h17H,2-8H2,1H3,(H2,13,15)/t11-/m1/s1. The summed E-state index contributed by atoms with van der Waals surface area (Å²) in [4.78, 5) is 23.9. The summed E-state index contributed by atoms with van der Waals surface area (Å²) in [6.45, 7) is 1.69. The summed E-state index contributed by atoms with van der Waals surface area (Å²) in [5.74, 6) is -0.497. The van der Waals surface area contributed by atoms with Crippen LogP contribution < -0.4 is 5.73 Å². The van der Waals surface area contributed by atoms with Crippen LogP contribution in [0.3, 0.4) is 0 Å². The second-order valence-electron chi connectivity index (χ2n) is 5.31. The van der Waals surface area contributed by atoms with E-state index >= 15 is 0 Å². The van der Waals surface area contributed by atoms with E-state index in [1.165, 1.54) is 4.90 Å². The SMILES string of the molecule is C[C@]1(O)N(CCC(N)=O)C(=O)OC12CCCCC2. The molecule has 6 nitrogen and oxygen atoms in total. The Balaban J connectivity index is 2.17. The summed E-state index contributed by atoms with van der Waals surface area (Å²) in [7, 11) is 0. The predicted octanol–water partition coefficient (Wildman–Crippen LogP) is 0.725. The molecule has 0 unspecified atom stereocenters. The molecule has 2 fully saturated rings. The fraction of sp³-hybridized carbons (Fsp3) is 0.833. The second-order valence-corrected chi connectivity index (χ2v) is 5.31. The van der Waals surface area contributed by atoms with Crippen molar-refractivity contribution < 1.29 is 19.4 Å². The highest BCUT2D eigenvalue weighted by Gasteiger charge is 2.61. The Labute approximate surface area is 106 Å². The van der Waals surface area contributed by atoms with E-state index < -0.39 is 23.3 Å². The maximum absolute atomic E-state index is 11.9. The van der Waals surface area contributed by atoms with Crippen molar-refractivity contribution in [3.63, 3.8) is 0 Å². The molecule has 2 amide bonds. The van der Waals surface area contributed by atoms with Gasteiger partial charge in [0.25, 0.3) is 0 Å². The zero-order chi connectivity index (χ0) is 13.4. The third-order valence-electron chi connectivity index (χ3n) is 4.13. The number of carbonyl (C=O) groups is 2. The van der Waals surface area contributed by atoms with Crippen LogP contribution in [-0.2, 0) is 9.53 Å². The van der Waals surface area contributed by atoms with Gasteiger partial charge in [0.1, 0.15) is 0 Å². The van der Waals surface area contributed by atoms with Crippen molar-refractivity contribution >= 4 is 12.0 Å². The van der Waals surface area contributed by atoms with E-state index in [4.69, 9.17) is 10.5 Å². The molecule has 1 heterocycles. The van der Waals surface area contributed by atoms with Crippen LogP contribution in [-0.4, -0.2) is 39.9 Å². The van der Waals surface area contributed by atoms with Gasteiger partial charge in [0.2, 0.25) is 5.91 Å². The summed E-state index contributed by atoms with van der Waals surface area (Å²) in [5.41, 5.74) is 2.89. The normalized spacial score (nSPS) is 30.6. The molecule has 6 heteroatoms. The molecule has 0 aromatic carbocycles. The van der Waals surface area contributed by atoms with Gasteiger partial charge in [-0.05, 0) is 32.6 Å². The van der Waals surface area contributed by atoms with E-state index in [-0.39, 0.29) is 13.0 Å². The van der Waals surface area contributed by atoms with Gasteiger partial charge in [-0.2, -0.15) is 0 Å². The first-order valence-corrected chi connectivity index (χ1v) is 6.40. The van der Waals surface area contributed by atoms with E-state index in [1.807, 2.05) is 0 Å². The van der Waals surface area contributed by atoms with Crippen molar-refractivity contribution in [3.05, 3.63) is 0 Å². The van der Waals surface area contributed by atoms with Crippen LogP contribution in [0.25, 0.3) is 0 Å². The predicted molar refractivity (Wildman–Crippen MR) is 63.4 cm³/mol. The van der Waals surface area contributed by atoms with Gasteiger partial charge in [0.05, 0.1) is 0 Å². The second kappa shape index (κ2) is 4.42. The van der Waals surface area contributed by atoms with Crippen molar-refractivity contribution in [2.24, 2.45) is 5.73 Å². The maximum atomic E-state index is 11.9. The van der Waals surface area contributed by atoms with E-state index in [0.29, 0.717) is 12.8 Å². The van der Waals surface area contributed by atoms with E-state index in [9.17, 15) is 14.7 Å². The Kier molecular flexibility index (Phi) is 3.23. The molecule has 1 atom stereocenters. The minimum Gasteiger partial charge on any atom is -0.438 e. The molecule has 0 radical (unpaired) electrons. The van der Waals surface area contributed by atoms with Gasteiger partial charge in [-0.3, -0.25) is 9.69 Å². The first-order valence-electron chi connectivity index (χ1n) is 6.40. The quantitative estimate of drug-likeness (QED) is 0.778. The molecule has 2 aliphatic rings. The highest BCUT2D eigenvalue weighted by Crippen LogP contribution is 2.46. The Hall–Kier alpha value is -1.30. The first kappa shape index (κ1) is 13.1. The lowest BCUT2D eigenvalue weighted by atomic mass is 9.77. The molecule has 1 aliphatic heterocycles. The van der Waals surface area contributed by atoms with Crippen LogP contribution in [0.2, 0.25) is 0 Å². The smallest absolute Gasteiger partial charge is 0.412 e. The summed E-state index contributed by atoms with van der Waals surface area (Å²) in [6, 6.07) is 0. The number of ether oxygens (including phenoxy) is 1. The average Bonchev–Trinajstić information content (AvgIpc) is 2.45. The molecule has 0 aromatic rings. The number of hydrogen-bond acceptors (Lipinski definition) is 4. The Morgan fingerprint density at radius 2 is 2.06 bits per heavy atom. The summed E-state index contributed by atoms with van der Waals surface area (Å²) >= 11 is 0. The lowest BCUT2D eigenvalue weighted by Crippen LogP contribution is -2.57. The number of carbonyl (C=O) groups excluding carboxylic acids is 2. The fourth-order valence-electron chi connectivity index (χ4n) is 2.97. The van der Waals surface area contributed by atoms with Crippen molar-refractivity contribution in [1.29, 1.82) is 0 Å². The molecule has 1 spiro atoms. The third kappa shape index (κ3) is 1.94. The van der Waals surface area contributed by atoms with E-state index in [1.54, 1.807) is 6.92 Å². The number of amides is 2. The lowest BCUT2D eigenvalue weighted by molar-refractivity contribution is -0.159. The van der Waals surface area contributed by atoms with Crippen LogP contribution in [0.1, 0.15) is 45.4 Å². The monoisotopic (exact) mass is 256 g/mol. The Bertz CT molecular complexity index is 361. The van der Waals surface area contributed by atoms with Gasteiger partial charge >= 0.3 is 6.09 Å². The molecule has 2 rings (SSSR count). The van der Waals surface area contributed by atoms with Crippen molar-refractivity contribution in [2.75, 3.05) is 6.54 Å². The highest BCUT2D eigenvalue weighted by atomic mass is 16.6. The topological polar surface area (TPSA) is 92.9 Å². The maximum Gasteiger partial charge on any atom is 0.412 e. The van der Waals surface area contributed by atoms with Gasteiger partial charge in [-0.25, -0.2) is 4.79 Å². The zero-order valence-corrected chi connectivity index (χ0v) is 10.6. The first-order chi connectivity index (χ1) is 8.39. The number of rotatable bonds is 3.